The van der Waals surface area contributed by atoms with Gasteiger partial charge in [0.25, 0.3) is 0 Å². The quantitative estimate of drug-likeness (QED) is 0.0769. The molecule has 0 aromatic heterocycles. The molecule has 0 spiro atoms. The van der Waals surface area contributed by atoms with E-state index < -0.39 is 0 Å². The van der Waals surface area contributed by atoms with Crippen LogP contribution in [0.1, 0.15) is 136 Å². The van der Waals surface area contributed by atoms with Gasteiger partial charge in [-0.1, -0.05) is 117 Å². The van der Waals surface area contributed by atoms with E-state index >= 15 is 0 Å². The molecular formula is C24H51Cl2PRu. The number of hydrogen-bond acceptors (Lipinski definition) is 0. The van der Waals surface area contributed by atoms with Gasteiger partial charge in [0.2, 0.25) is 0 Å². The van der Waals surface area contributed by atoms with Crippen LogP contribution < -0.4 is 0 Å². The van der Waals surface area contributed by atoms with E-state index in [2.05, 4.69) is 20.8 Å². The number of unbranched alkanes of at least 4 members (excludes halogenated alkanes) is 15. The van der Waals surface area contributed by atoms with E-state index in [9.17, 15) is 0 Å². The second kappa shape index (κ2) is 30.8. The molecule has 174 valence electrons. The predicted molar refractivity (Wildman–Crippen MR) is 133 cm³/mol. The van der Waals surface area contributed by atoms with E-state index in [4.69, 9.17) is 19.4 Å². The molecule has 0 rings (SSSR count). The summed E-state index contributed by atoms with van der Waals surface area (Å²) in [5.41, 5.74) is 0. The second-order valence-electron chi connectivity index (χ2n) is 8.20. The first-order valence-corrected chi connectivity index (χ1v) is 18.7. The summed E-state index contributed by atoms with van der Waals surface area (Å²) in [7, 11) is 10.1. The van der Waals surface area contributed by atoms with Crippen molar-refractivity contribution in [2.24, 2.45) is 0 Å². The van der Waals surface area contributed by atoms with Gasteiger partial charge in [-0.25, -0.2) is 0 Å². The summed E-state index contributed by atoms with van der Waals surface area (Å²) in [5.74, 6) is 0. The van der Waals surface area contributed by atoms with Gasteiger partial charge in [0, 0.05) is 0 Å². The van der Waals surface area contributed by atoms with Crippen LogP contribution >= 0.6 is 27.3 Å². The first-order valence-electron chi connectivity index (χ1n) is 12.3. The SMILES string of the molecule is CCCCCCCCP(CCCCCCCC)CCCCCCCC.[Cl][Ru][Cl]. The molecular weight excluding hydrogens is 491 g/mol. The Kier molecular flexibility index (Phi) is 35.0. The molecule has 0 aliphatic rings. The molecule has 0 saturated carbocycles. The monoisotopic (exact) mass is 542 g/mol. The molecule has 0 bridgehead atoms. The molecule has 0 radical (unpaired) electrons. The van der Waals surface area contributed by atoms with Crippen LogP contribution in [0, 0.1) is 0 Å². The minimum atomic E-state index is -0.346. The Labute approximate surface area is 196 Å². The van der Waals surface area contributed by atoms with Gasteiger partial charge in [-0.15, -0.1) is 7.92 Å². The standard InChI is InChI=1S/C24H51P.2ClH.Ru/c1-4-7-10-13-16-19-22-25(23-20-17-14-11-8-5-2)24-21-18-15-12-9-6-3;;;/h4-24H2,1-3H3;2*1H;/q;;;+2/p-2. The van der Waals surface area contributed by atoms with Gasteiger partial charge < -0.3 is 0 Å². The first kappa shape index (κ1) is 31.8. The zero-order chi connectivity index (χ0) is 21.1. The van der Waals surface area contributed by atoms with Gasteiger partial charge in [-0.2, -0.15) is 0 Å². The van der Waals surface area contributed by atoms with E-state index in [-0.39, 0.29) is 15.1 Å². The van der Waals surface area contributed by atoms with Crippen LogP contribution in [-0.4, -0.2) is 18.5 Å². The molecule has 0 aliphatic carbocycles. The van der Waals surface area contributed by atoms with Crippen molar-refractivity contribution in [2.45, 2.75) is 136 Å². The van der Waals surface area contributed by atoms with Crippen molar-refractivity contribution in [3.8, 4) is 0 Å². The van der Waals surface area contributed by atoms with Crippen LogP contribution in [0.15, 0.2) is 0 Å². The summed E-state index contributed by atoms with van der Waals surface area (Å²) in [6.45, 7) is 6.96. The Bertz CT molecular complexity index is 217. The Morgan fingerprint density at radius 3 is 0.893 bits per heavy atom. The fourth-order valence-electron chi connectivity index (χ4n) is 3.68. The van der Waals surface area contributed by atoms with E-state index in [1.807, 2.05) is 0 Å². The van der Waals surface area contributed by atoms with Gasteiger partial charge in [-0.3, -0.25) is 0 Å². The molecule has 0 unspecified atom stereocenters. The van der Waals surface area contributed by atoms with Crippen LogP contribution in [0.5, 0.6) is 0 Å². The molecule has 0 saturated heterocycles. The van der Waals surface area contributed by atoms with Crippen LogP contribution in [0.4, 0.5) is 0 Å². The van der Waals surface area contributed by atoms with Crippen molar-refractivity contribution >= 4 is 27.3 Å². The van der Waals surface area contributed by atoms with Gasteiger partial charge >= 0.3 is 34.5 Å². The topological polar surface area (TPSA) is 0 Å². The van der Waals surface area contributed by atoms with E-state index in [0.29, 0.717) is 7.92 Å². The molecule has 4 heteroatoms. The number of halogens is 2. The summed E-state index contributed by atoms with van der Waals surface area (Å²) in [6.07, 6.45) is 31.2. The fourth-order valence-corrected chi connectivity index (χ4v) is 6.37. The molecule has 0 fully saturated rings. The second-order valence-corrected chi connectivity index (χ2v) is 13.5. The maximum atomic E-state index is 4.85. The first-order chi connectivity index (χ1) is 13.8. The van der Waals surface area contributed by atoms with Crippen molar-refractivity contribution in [1.29, 1.82) is 0 Å². The van der Waals surface area contributed by atoms with Crippen molar-refractivity contribution in [3.63, 3.8) is 0 Å². The van der Waals surface area contributed by atoms with Crippen molar-refractivity contribution in [2.75, 3.05) is 18.5 Å². The molecule has 0 nitrogen and oxygen atoms in total. The van der Waals surface area contributed by atoms with Gasteiger partial charge in [-0.05, 0) is 37.7 Å². The average Bonchev–Trinajstić information content (AvgIpc) is 2.69. The molecule has 0 aromatic carbocycles. The molecule has 0 amide bonds. The number of rotatable bonds is 21. The van der Waals surface area contributed by atoms with Crippen LogP contribution in [0.2, 0.25) is 0 Å². The van der Waals surface area contributed by atoms with Crippen LogP contribution in [-0.2, 0) is 15.1 Å². The number of hydrogen-bond donors (Lipinski definition) is 0. The minimum absolute atomic E-state index is 0.346. The third kappa shape index (κ3) is 29.8. The van der Waals surface area contributed by atoms with E-state index in [0.717, 1.165) is 0 Å². The third-order valence-electron chi connectivity index (χ3n) is 5.48. The zero-order valence-corrected chi connectivity index (χ0v) is 23.6. The molecule has 0 aromatic rings. The molecule has 28 heavy (non-hydrogen) atoms. The van der Waals surface area contributed by atoms with Crippen LogP contribution in [0.3, 0.4) is 0 Å². The van der Waals surface area contributed by atoms with Crippen molar-refractivity contribution < 1.29 is 15.1 Å². The van der Waals surface area contributed by atoms with Crippen molar-refractivity contribution in [1.82, 2.24) is 0 Å². The summed E-state index contributed by atoms with van der Waals surface area (Å²) in [6, 6.07) is 0. The van der Waals surface area contributed by atoms with Gasteiger partial charge in [0.1, 0.15) is 0 Å². The zero-order valence-electron chi connectivity index (χ0n) is 19.4. The average molecular weight is 543 g/mol. The summed E-state index contributed by atoms with van der Waals surface area (Å²) in [5, 5.41) is 0. The molecule has 0 aliphatic heterocycles. The Balaban J connectivity index is 0. The maximum absolute atomic E-state index is 4.85. The third-order valence-corrected chi connectivity index (χ3v) is 8.33. The van der Waals surface area contributed by atoms with Crippen LogP contribution in [0.25, 0.3) is 0 Å². The molecule has 0 atom stereocenters. The van der Waals surface area contributed by atoms with E-state index in [1.54, 1.807) is 18.5 Å². The van der Waals surface area contributed by atoms with Gasteiger partial charge in [0.15, 0.2) is 0 Å². The summed E-state index contributed by atoms with van der Waals surface area (Å²) >= 11 is -0.346. The molecule has 0 heterocycles. The predicted octanol–water partition coefficient (Wildman–Crippen LogP) is 10.9. The van der Waals surface area contributed by atoms with E-state index in [1.165, 1.54) is 116 Å². The van der Waals surface area contributed by atoms with Gasteiger partial charge in [0.05, 0.1) is 0 Å². The summed E-state index contributed by atoms with van der Waals surface area (Å²) in [4.78, 5) is 0. The summed E-state index contributed by atoms with van der Waals surface area (Å²) < 4.78 is 0. The fraction of sp³-hybridized carbons (Fsp3) is 1.00. The Hall–Kier alpha value is 1.63. The Morgan fingerprint density at radius 1 is 0.429 bits per heavy atom. The molecule has 0 N–H and O–H groups in total. The van der Waals surface area contributed by atoms with Crippen molar-refractivity contribution in [3.05, 3.63) is 0 Å². The Morgan fingerprint density at radius 2 is 0.643 bits per heavy atom. The normalized spacial score (nSPS) is 11.1.